The fourth-order valence-corrected chi connectivity index (χ4v) is 3.77. The molecule has 5 nitrogen and oxygen atoms in total. The van der Waals surface area contributed by atoms with Gasteiger partial charge >= 0.3 is 0 Å². The van der Waals surface area contributed by atoms with Crippen LogP contribution in [0.2, 0.25) is 0 Å². The minimum Gasteiger partial charge on any atom is -0.336 e. The lowest BCUT2D eigenvalue weighted by molar-refractivity contribution is 0.0780. The molecule has 0 atom stereocenters. The maximum Gasteiger partial charge on any atom is 0.273 e. The first-order chi connectivity index (χ1) is 13.7. The molecule has 0 fully saturated rings. The molecule has 1 amide bonds. The molecule has 0 saturated carbocycles. The molecule has 4 aromatic rings. The van der Waals surface area contributed by atoms with Crippen LogP contribution in [-0.2, 0) is 13.1 Å². The Bertz CT molecular complexity index is 1060. The van der Waals surface area contributed by atoms with E-state index >= 15 is 0 Å². The van der Waals surface area contributed by atoms with Crippen LogP contribution in [0.5, 0.6) is 0 Å². The summed E-state index contributed by atoms with van der Waals surface area (Å²) < 4.78 is 1.89. The van der Waals surface area contributed by atoms with E-state index in [1.807, 2.05) is 71.0 Å². The average Bonchev–Trinajstić information content (AvgIpc) is 3.39. The van der Waals surface area contributed by atoms with Crippen LogP contribution in [-0.4, -0.2) is 32.6 Å². The van der Waals surface area contributed by atoms with Crippen LogP contribution < -0.4 is 0 Å². The smallest absolute Gasteiger partial charge is 0.273 e. The van der Waals surface area contributed by atoms with E-state index in [9.17, 15) is 4.79 Å². The Morgan fingerprint density at radius 2 is 1.75 bits per heavy atom. The number of carbonyl (C=O) groups excluding carboxylic acids is 1. The highest BCUT2D eigenvalue weighted by Crippen LogP contribution is 2.24. The highest BCUT2D eigenvalue weighted by molar-refractivity contribution is 7.13. The molecule has 0 bridgehead atoms. The van der Waals surface area contributed by atoms with Crippen molar-refractivity contribution < 1.29 is 4.79 Å². The molecule has 0 radical (unpaired) electrons. The van der Waals surface area contributed by atoms with E-state index in [0.717, 1.165) is 16.1 Å². The van der Waals surface area contributed by atoms with E-state index in [-0.39, 0.29) is 5.91 Å². The van der Waals surface area contributed by atoms with Crippen LogP contribution in [0.3, 0.4) is 0 Å². The molecule has 4 rings (SSSR count). The Hall–Kier alpha value is -3.25. The first-order valence-electron chi connectivity index (χ1n) is 9.01. The van der Waals surface area contributed by atoms with E-state index in [1.54, 1.807) is 11.9 Å². The third-order valence-electron chi connectivity index (χ3n) is 4.38. The van der Waals surface area contributed by atoms with Crippen LogP contribution in [0.15, 0.2) is 78.4 Å². The van der Waals surface area contributed by atoms with E-state index in [1.165, 1.54) is 16.9 Å². The van der Waals surface area contributed by atoms with Gasteiger partial charge in [0.05, 0.1) is 12.7 Å². The maximum absolute atomic E-state index is 12.7. The van der Waals surface area contributed by atoms with Gasteiger partial charge in [0.2, 0.25) is 0 Å². The number of hydrogen-bond acceptors (Lipinski definition) is 4. The summed E-state index contributed by atoms with van der Waals surface area (Å²) in [6.07, 6.45) is 3.79. The zero-order valence-corrected chi connectivity index (χ0v) is 16.3. The van der Waals surface area contributed by atoms with Crippen LogP contribution >= 0.6 is 11.3 Å². The van der Waals surface area contributed by atoms with Crippen molar-refractivity contribution in [2.75, 3.05) is 7.05 Å². The Kier molecular flexibility index (Phi) is 5.30. The summed E-state index contributed by atoms with van der Waals surface area (Å²) >= 11 is 1.48. The second kappa shape index (κ2) is 8.19. The van der Waals surface area contributed by atoms with Crippen LogP contribution in [0, 0.1) is 0 Å². The van der Waals surface area contributed by atoms with Crippen molar-refractivity contribution in [1.29, 1.82) is 0 Å². The van der Waals surface area contributed by atoms with E-state index in [4.69, 9.17) is 0 Å². The number of rotatable bonds is 6. The van der Waals surface area contributed by atoms with Gasteiger partial charge in [0, 0.05) is 36.3 Å². The molecular formula is C22H20N4OS. The molecule has 0 unspecified atom stereocenters. The Morgan fingerprint density at radius 3 is 2.50 bits per heavy atom. The molecule has 0 N–H and O–H groups in total. The normalized spacial score (nSPS) is 10.8. The van der Waals surface area contributed by atoms with E-state index in [0.29, 0.717) is 18.8 Å². The lowest BCUT2D eigenvalue weighted by Gasteiger charge is -2.14. The first-order valence-corrected chi connectivity index (χ1v) is 9.88. The van der Waals surface area contributed by atoms with Crippen molar-refractivity contribution >= 4 is 17.2 Å². The Labute approximate surface area is 167 Å². The van der Waals surface area contributed by atoms with Crippen molar-refractivity contribution in [3.63, 3.8) is 0 Å². The molecule has 0 aliphatic heterocycles. The highest BCUT2D eigenvalue weighted by atomic mass is 32.1. The second-order valence-electron chi connectivity index (χ2n) is 6.60. The summed E-state index contributed by atoms with van der Waals surface area (Å²) in [5.41, 5.74) is 3.68. The summed E-state index contributed by atoms with van der Waals surface area (Å²) in [5.74, 6) is -0.0887. The summed E-state index contributed by atoms with van der Waals surface area (Å²) in [6.45, 7) is 1.21. The van der Waals surface area contributed by atoms with Gasteiger partial charge in [-0.25, -0.2) is 4.98 Å². The number of thiazole rings is 1. The molecule has 6 heteroatoms. The lowest BCUT2D eigenvalue weighted by atomic mass is 10.2. The summed E-state index contributed by atoms with van der Waals surface area (Å²) in [7, 11) is 1.79. The second-order valence-corrected chi connectivity index (χ2v) is 7.46. The lowest BCUT2D eigenvalue weighted by Crippen LogP contribution is -2.26. The van der Waals surface area contributed by atoms with Gasteiger partial charge in [0.1, 0.15) is 10.7 Å². The van der Waals surface area contributed by atoms with Gasteiger partial charge in [-0.3, -0.25) is 9.48 Å². The molecule has 0 spiro atoms. The van der Waals surface area contributed by atoms with Crippen molar-refractivity contribution in [2.24, 2.45) is 0 Å². The fourth-order valence-electron chi connectivity index (χ4n) is 2.97. The maximum atomic E-state index is 12.7. The molecule has 0 aliphatic carbocycles. The molecule has 28 heavy (non-hydrogen) atoms. The zero-order chi connectivity index (χ0) is 19.3. The van der Waals surface area contributed by atoms with Crippen LogP contribution in [0.4, 0.5) is 0 Å². The molecule has 140 valence electrons. The predicted octanol–water partition coefficient (Wildman–Crippen LogP) is 4.33. The molecule has 2 aromatic carbocycles. The van der Waals surface area contributed by atoms with Crippen molar-refractivity contribution in [3.8, 4) is 10.6 Å². The van der Waals surface area contributed by atoms with Crippen molar-refractivity contribution in [2.45, 2.75) is 13.1 Å². The summed E-state index contributed by atoms with van der Waals surface area (Å²) in [6, 6.07) is 20.1. The van der Waals surface area contributed by atoms with Gasteiger partial charge in [-0.05, 0) is 5.56 Å². The summed E-state index contributed by atoms with van der Waals surface area (Å²) in [4.78, 5) is 18.9. The quantitative estimate of drug-likeness (QED) is 0.494. The van der Waals surface area contributed by atoms with Gasteiger partial charge < -0.3 is 4.90 Å². The van der Waals surface area contributed by atoms with Gasteiger partial charge in [-0.1, -0.05) is 60.7 Å². The number of aromatic nitrogens is 3. The third-order valence-corrected chi connectivity index (χ3v) is 5.28. The van der Waals surface area contributed by atoms with Crippen molar-refractivity contribution in [1.82, 2.24) is 19.7 Å². The number of nitrogens with zero attached hydrogens (tertiary/aromatic N) is 4. The summed E-state index contributed by atoms with van der Waals surface area (Å²) in [5, 5.41) is 7.08. The molecule has 2 heterocycles. The average molecular weight is 388 g/mol. The van der Waals surface area contributed by atoms with Crippen LogP contribution in [0.25, 0.3) is 10.6 Å². The monoisotopic (exact) mass is 388 g/mol. The number of benzene rings is 2. The number of hydrogen-bond donors (Lipinski definition) is 0. The third kappa shape index (κ3) is 4.18. The van der Waals surface area contributed by atoms with Crippen molar-refractivity contribution in [3.05, 3.63) is 95.3 Å². The standard InChI is InChI=1S/C22H20N4OS/c1-25(13-18-12-23-26(15-18)14-17-8-4-2-5-9-17)22(27)20-16-28-21(24-20)19-10-6-3-7-11-19/h2-12,15-16H,13-14H2,1H3. The van der Waals surface area contributed by atoms with E-state index < -0.39 is 0 Å². The molecule has 0 aliphatic rings. The number of amides is 1. The minimum absolute atomic E-state index is 0.0887. The van der Waals surface area contributed by atoms with Crippen LogP contribution in [0.1, 0.15) is 21.6 Å². The Balaban J connectivity index is 1.40. The highest BCUT2D eigenvalue weighted by Gasteiger charge is 2.17. The number of carbonyl (C=O) groups is 1. The SMILES string of the molecule is CN(Cc1cnn(Cc2ccccc2)c1)C(=O)c1csc(-c2ccccc2)n1. The topological polar surface area (TPSA) is 51.0 Å². The molecule has 2 aromatic heterocycles. The zero-order valence-electron chi connectivity index (χ0n) is 15.5. The fraction of sp³-hybridized carbons (Fsp3) is 0.136. The molecule has 0 saturated heterocycles. The minimum atomic E-state index is -0.0887. The Morgan fingerprint density at radius 1 is 1.04 bits per heavy atom. The van der Waals surface area contributed by atoms with Gasteiger partial charge in [0.15, 0.2) is 0 Å². The van der Waals surface area contributed by atoms with Gasteiger partial charge in [-0.15, -0.1) is 11.3 Å². The van der Waals surface area contributed by atoms with Gasteiger partial charge in [0.25, 0.3) is 5.91 Å². The van der Waals surface area contributed by atoms with E-state index in [2.05, 4.69) is 22.2 Å². The first kappa shape index (κ1) is 18.1. The molecular weight excluding hydrogens is 368 g/mol. The van der Waals surface area contributed by atoms with Gasteiger partial charge in [-0.2, -0.15) is 5.10 Å². The largest absolute Gasteiger partial charge is 0.336 e. The predicted molar refractivity (Wildman–Crippen MR) is 111 cm³/mol.